The normalized spacial score (nSPS) is 16.4. The van der Waals surface area contributed by atoms with Crippen LogP contribution in [-0.4, -0.2) is 18.2 Å². The van der Waals surface area contributed by atoms with Crippen LogP contribution in [0.15, 0.2) is 72.8 Å². The second-order valence-electron chi connectivity index (χ2n) is 6.30. The van der Waals surface area contributed by atoms with Gasteiger partial charge in [0, 0.05) is 0 Å². The minimum atomic E-state index is -3.19. The lowest BCUT2D eigenvalue weighted by Crippen LogP contribution is -2.32. The molecule has 2 atom stereocenters. The van der Waals surface area contributed by atoms with Gasteiger partial charge in [-0.3, -0.25) is 4.57 Å². The topological polar surface area (TPSA) is 78.3 Å². The Hall–Kier alpha value is -1.97. The van der Waals surface area contributed by atoms with Gasteiger partial charge in [-0.25, -0.2) is 0 Å². The zero-order valence-electron chi connectivity index (χ0n) is 15.8. The average Bonchev–Trinajstić information content (AvgIpc) is 2.69. The van der Waals surface area contributed by atoms with Gasteiger partial charge in [0.2, 0.25) is 7.37 Å². The molecule has 0 bridgehead atoms. The minimum Gasteiger partial charge on any atom is -0.327 e. The Morgan fingerprint density at radius 1 is 0.852 bits per heavy atom. The fourth-order valence-corrected chi connectivity index (χ4v) is 4.86. The van der Waals surface area contributed by atoms with Crippen molar-refractivity contribution in [2.24, 2.45) is 11.5 Å². The molecular weight excluding hydrogens is 355 g/mol. The first-order valence-electron chi connectivity index (χ1n) is 9.24. The van der Waals surface area contributed by atoms with E-state index in [1.54, 1.807) is 0 Å². The molecule has 27 heavy (non-hydrogen) atoms. The SMILES string of the molecule is CCOP(=O)(C(N)CC=Cc1ccccc1)C(N)CC=Cc1ccccc1. The second kappa shape index (κ2) is 11.0. The molecule has 2 aromatic carbocycles. The van der Waals surface area contributed by atoms with Crippen molar-refractivity contribution in [3.63, 3.8) is 0 Å². The lowest BCUT2D eigenvalue weighted by molar-refractivity contribution is 0.317. The maximum absolute atomic E-state index is 13.4. The van der Waals surface area contributed by atoms with Gasteiger partial charge in [0.05, 0.1) is 18.2 Å². The van der Waals surface area contributed by atoms with E-state index in [-0.39, 0.29) is 0 Å². The highest BCUT2D eigenvalue weighted by Gasteiger charge is 2.36. The van der Waals surface area contributed by atoms with E-state index in [0.717, 1.165) is 11.1 Å². The number of hydrogen-bond acceptors (Lipinski definition) is 4. The number of benzene rings is 2. The standard InChI is InChI=1S/C22H29N2O2P/c1-2-26-27(25,21(23)17-9-15-19-11-5-3-6-12-19)22(24)18-10-16-20-13-7-4-8-14-20/h3-16,21-22H,2,17-18,23-24H2,1H3. The molecule has 0 aliphatic heterocycles. The summed E-state index contributed by atoms with van der Waals surface area (Å²) in [7, 11) is -3.19. The molecule has 0 spiro atoms. The summed E-state index contributed by atoms with van der Waals surface area (Å²) in [6, 6.07) is 19.8. The fraction of sp³-hybridized carbons (Fsp3) is 0.273. The monoisotopic (exact) mass is 384 g/mol. The van der Waals surface area contributed by atoms with Crippen LogP contribution in [-0.2, 0) is 9.09 Å². The summed E-state index contributed by atoms with van der Waals surface area (Å²) in [5, 5.41) is 0. The van der Waals surface area contributed by atoms with Gasteiger partial charge in [-0.05, 0) is 30.9 Å². The van der Waals surface area contributed by atoms with Crippen LogP contribution < -0.4 is 11.5 Å². The summed E-state index contributed by atoms with van der Waals surface area (Å²) in [5.41, 5.74) is 14.6. The fourth-order valence-electron chi connectivity index (χ4n) is 2.75. The van der Waals surface area contributed by atoms with E-state index >= 15 is 0 Å². The van der Waals surface area contributed by atoms with Crippen molar-refractivity contribution < 1.29 is 9.09 Å². The van der Waals surface area contributed by atoms with Crippen LogP contribution in [0.2, 0.25) is 0 Å². The summed E-state index contributed by atoms with van der Waals surface area (Å²) >= 11 is 0. The van der Waals surface area contributed by atoms with E-state index in [1.807, 2.05) is 91.9 Å². The Labute approximate surface area is 162 Å². The minimum absolute atomic E-state index is 0.323. The number of hydrogen-bond donors (Lipinski definition) is 2. The first-order chi connectivity index (χ1) is 13.1. The first kappa shape index (κ1) is 21.3. The lowest BCUT2D eigenvalue weighted by Gasteiger charge is -2.28. The molecule has 0 saturated carbocycles. The van der Waals surface area contributed by atoms with Crippen LogP contribution in [0.1, 0.15) is 30.9 Å². The Balaban J connectivity index is 1.99. The van der Waals surface area contributed by atoms with E-state index in [9.17, 15) is 4.57 Å². The molecule has 2 rings (SSSR count). The van der Waals surface area contributed by atoms with Crippen molar-refractivity contribution in [2.75, 3.05) is 6.61 Å². The number of rotatable bonds is 10. The van der Waals surface area contributed by atoms with Gasteiger partial charge in [0.25, 0.3) is 0 Å². The van der Waals surface area contributed by atoms with Crippen LogP contribution in [0.5, 0.6) is 0 Å². The van der Waals surface area contributed by atoms with E-state index in [1.165, 1.54) is 0 Å². The second-order valence-corrected chi connectivity index (χ2v) is 9.17. The smallest absolute Gasteiger partial charge is 0.236 e. The molecule has 144 valence electrons. The molecule has 0 aliphatic carbocycles. The van der Waals surface area contributed by atoms with Gasteiger partial charge in [0.1, 0.15) is 0 Å². The van der Waals surface area contributed by atoms with Crippen molar-refractivity contribution in [3.8, 4) is 0 Å². The summed E-state index contributed by atoms with van der Waals surface area (Å²) in [6.45, 7) is 2.13. The quantitative estimate of drug-likeness (QED) is 0.560. The Bertz CT molecular complexity index is 714. The van der Waals surface area contributed by atoms with Crippen LogP contribution in [0.4, 0.5) is 0 Å². The van der Waals surface area contributed by atoms with Gasteiger partial charge in [-0.15, -0.1) is 0 Å². The molecule has 4 N–H and O–H groups in total. The largest absolute Gasteiger partial charge is 0.327 e. The molecule has 0 amide bonds. The van der Waals surface area contributed by atoms with Crippen molar-refractivity contribution in [3.05, 3.63) is 83.9 Å². The molecule has 0 fully saturated rings. The molecule has 2 aromatic rings. The number of nitrogens with two attached hydrogens (primary N) is 2. The maximum Gasteiger partial charge on any atom is 0.236 e. The molecule has 0 radical (unpaired) electrons. The Kier molecular flexibility index (Phi) is 8.70. The van der Waals surface area contributed by atoms with E-state index < -0.39 is 18.9 Å². The zero-order chi connectivity index (χ0) is 19.5. The van der Waals surface area contributed by atoms with Crippen molar-refractivity contribution >= 4 is 19.5 Å². The summed E-state index contributed by atoms with van der Waals surface area (Å²) < 4.78 is 19.0. The van der Waals surface area contributed by atoms with Crippen molar-refractivity contribution in [1.82, 2.24) is 0 Å². The third-order valence-corrected chi connectivity index (χ3v) is 7.16. The molecule has 5 heteroatoms. The van der Waals surface area contributed by atoms with Gasteiger partial charge in [-0.1, -0.05) is 85.0 Å². The van der Waals surface area contributed by atoms with Crippen LogP contribution in [0.25, 0.3) is 12.2 Å². The predicted octanol–water partition coefficient (Wildman–Crippen LogP) is 5.08. The molecule has 4 nitrogen and oxygen atoms in total. The highest BCUT2D eigenvalue weighted by Crippen LogP contribution is 2.55. The van der Waals surface area contributed by atoms with Crippen molar-refractivity contribution in [1.29, 1.82) is 0 Å². The van der Waals surface area contributed by atoms with Gasteiger partial charge in [-0.2, -0.15) is 0 Å². The predicted molar refractivity (Wildman–Crippen MR) is 115 cm³/mol. The van der Waals surface area contributed by atoms with Crippen LogP contribution in [0.3, 0.4) is 0 Å². The molecule has 0 heterocycles. The molecule has 0 aromatic heterocycles. The third kappa shape index (κ3) is 6.60. The summed E-state index contributed by atoms with van der Waals surface area (Å²) in [6.07, 6.45) is 8.69. The molecule has 0 aliphatic rings. The van der Waals surface area contributed by atoms with E-state index in [2.05, 4.69) is 0 Å². The molecule has 2 unspecified atom stereocenters. The maximum atomic E-state index is 13.4. The first-order valence-corrected chi connectivity index (χ1v) is 11.0. The van der Waals surface area contributed by atoms with Crippen molar-refractivity contribution in [2.45, 2.75) is 31.3 Å². The van der Waals surface area contributed by atoms with E-state index in [4.69, 9.17) is 16.0 Å². The molecule has 0 saturated heterocycles. The van der Waals surface area contributed by atoms with E-state index in [0.29, 0.717) is 19.4 Å². The van der Waals surface area contributed by atoms with Crippen LogP contribution in [0, 0.1) is 0 Å². The summed E-state index contributed by atoms with van der Waals surface area (Å²) in [5.74, 6) is -1.25. The highest BCUT2D eigenvalue weighted by atomic mass is 31.2. The third-order valence-electron chi connectivity index (χ3n) is 4.23. The Morgan fingerprint density at radius 3 is 1.63 bits per heavy atom. The summed E-state index contributed by atoms with van der Waals surface area (Å²) in [4.78, 5) is 0. The van der Waals surface area contributed by atoms with Gasteiger partial charge in [0.15, 0.2) is 0 Å². The molecular formula is C22H29N2O2P. The highest BCUT2D eigenvalue weighted by molar-refractivity contribution is 7.60. The lowest BCUT2D eigenvalue weighted by atomic mass is 10.2. The van der Waals surface area contributed by atoms with Gasteiger partial charge < -0.3 is 16.0 Å². The zero-order valence-corrected chi connectivity index (χ0v) is 16.7. The van der Waals surface area contributed by atoms with Gasteiger partial charge >= 0.3 is 0 Å². The van der Waals surface area contributed by atoms with Crippen LogP contribution >= 0.6 is 7.37 Å². The average molecular weight is 384 g/mol. The Morgan fingerprint density at radius 2 is 1.26 bits per heavy atom.